The molecule has 3 atom stereocenters. The monoisotopic (exact) mass is 513 g/mol. The summed E-state index contributed by atoms with van der Waals surface area (Å²) in [7, 11) is 0. The highest BCUT2D eigenvalue weighted by Gasteiger charge is 2.33. The number of piperidine rings is 1. The molecule has 2 aromatic rings. The van der Waals surface area contributed by atoms with E-state index in [4.69, 9.17) is 17.0 Å². The largest absolute Gasteiger partial charge is 0.444 e. The van der Waals surface area contributed by atoms with Gasteiger partial charge >= 0.3 is 6.09 Å². The fraction of sp³-hybridized carbons (Fsp3) is 0.500. The predicted molar refractivity (Wildman–Crippen MR) is 142 cm³/mol. The summed E-state index contributed by atoms with van der Waals surface area (Å²) < 4.78 is 19.1. The van der Waals surface area contributed by atoms with Crippen molar-refractivity contribution in [1.82, 2.24) is 15.1 Å². The second-order valence-corrected chi connectivity index (χ2v) is 11.1. The van der Waals surface area contributed by atoms with Crippen LogP contribution in [0, 0.1) is 11.7 Å². The molecule has 1 amide bonds. The fourth-order valence-corrected chi connectivity index (χ4v) is 5.35. The molecular formula is C28H36FN3O3S. The maximum absolute atomic E-state index is 13.6. The smallest absolute Gasteiger partial charge is 0.410 e. The third-order valence-corrected chi connectivity index (χ3v) is 7.22. The Morgan fingerprint density at radius 1 is 1.19 bits per heavy atom. The summed E-state index contributed by atoms with van der Waals surface area (Å²) in [5.74, 6) is -0.331. The van der Waals surface area contributed by atoms with Gasteiger partial charge in [-0.05, 0) is 81.1 Å². The van der Waals surface area contributed by atoms with E-state index < -0.39 is 11.7 Å². The number of rotatable bonds is 4. The summed E-state index contributed by atoms with van der Waals surface area (Å²) in [6.45, 7) is 7.66. The third-order valence-electron chi connectivity index (χ3n) is 6.85. The minimum Gasteiger partial charge on any atom is -0.444 e. The first-order chi connectivity index (χ1) is 17.1. The Morgan fingerprint density at radius 3 is 2.64 bits per heavy atom. The summed E-state index contributed by atoms with van der Waals surface area (Å²) in [5.41, 5.74) is 2.83. The molecule has 8 heteroatoms. The zero-order valence-corrected chi connectivity index (χ0v) is 22.1. The minimum absolute atomic E-state index is 0.0588. The molecule has 2 N–H and O–H groups in total. The summed E-state index contributed by atoms with van der Waals surface area (Å²) in [4.78, 5) is 16.3. The Labute approximate surface area is 218 Å². The maximum Gasteiger partial charge on any atom is 0.410 e. The Bertz CT molecular complexity index is 1070. The number of amides is 1. The number of carbonyl (C=O) groups excluding carboxylic acids is 1. The number of carbonyl (C=O) groups is 1. The van der Waals surface area contributed by atoms with Crippen LogP contribution in [0.25, 0.3) is 0 Å². The van der Waals surface area contributed by atoms with E-state index in [0.29, 0.717) is 24.7 Å². The number of nitrogens with one attached hydrogen (secondary N) is 1. The number of ether oxygens (including phenoxy) is 1. The van der Waals surface area contributed by atoms with Crippen LogP contribution in [0.4, 0.5) is 9.18 Å². The highest BCUT2D eigenvalue weighted by molar-refractivity contribution is 7.80. The van der Waals surface area contributed by atoms with Crippen molar-refractivity contribution >= 4 is 23.4 Å². The molecule has 0 saturated carbocycles. The van der Waals surface area contributed by atoms with Crippen LogP contribution >= 0.6 is 12.2 Å². The second-order valence-electron chi connectivity index (χ2n) is 10.7. The van der Waals surface area contributed by atoms with Crippen molar-refractivity contribution in [1.29, 1.82) is 0 Å². The number of aliphatic hydroxyl groups excluding tert-OH is 1. The van der Waals surface area contributed by atoms with Crippen molar-refractivity contribution in [2.24, 2.45) is 5.92 Å². The Balaban J connectivity index is 1.41. The molecule has 2 unspecified atom stereocenters. The van der Waals surface area contributed by atoms with Crippen LogP contribution in [0.1, 0.15) is 56.3 Å². The molecule has 1 saturated heterocycles. The van der Waals surface area contributed by atoms with Crippen molar-refractivity contribution in [2.75, 3.05) is 26.2 Å². The van der Waals surface area contributed by atoms with Gasteiger partial charge in [0, 0.05) is 32.1 Å². The van der Waals surface area contributed by atoms with Crippen molar-refractivity contribution in [3.8, 4) is 0 Å². The zero-order valence-electron chi connectivity index (χ0n) is 21.2. The highest BCUT2D eigenvalue weighted by atomic mass is 32.1. The van der Waals surface area contributed by atoms with Crippen LogP contribution in [0.15, 0.2) is 48.5 Å². The van der Waals surface area contributed by atoms with Crippen LogP contribution in [0.2, 0.25) is 0 Å². The summed E-state index contributed by atoms with van der Waals surface area (Å²) >= 11 is 5.80. The molecule has 6 nitrogen and oxygen atoms in total. The van der Waals surface area contributed by atoms with Crippen LogP contribution in [0.3, 0.4) is 0 Å². The number of nitrogens with zero attached hydrogens (tertiary/aromatic N) is 2. The molecule has 0 bridgehead atoms. The number of aliphatic hydroxyl groups is 1. The van der Waals surface area contributed by atoms with Crippen LogP contribution in [-0.4, -0.2) is 64.0 Å². The van der Waals surface area contributed by atoms with Crippen molar-refractivity contribution in [3.05, 3.63) is 71.0 Å². The molecule has 2 aromatic carbocycles. The number of likely N-dealkylation sites (tertiary alicyclic amines) is 1. The zero-order chi connectivity index (χ0) is 25.9. The Hall–Kier alpha value is -2.71. The van der Waals surface area contributed by atoms with Gasteiger partial charge < -0.3 is 25.0 Å². The second kappa shape index (κ2) is 11.1. The maximum atomic E-state index is 13.6. The van der Waals surface area contributed by atoms with E-state index in [1.807, 2.05) is 32.9 Å². The molecule has 194 valence electrons. The molecule has 0 aromatic heterocycles. The van der Waals surface area contributed by atoms with Gasteiger partial charge in [-0.25, -0.2) is 9.18 Å². The minimum atomic E-state index is -0.658. The van der Waals surface area contributed by atoms with E-state index in [1.165, 1.54) is 17.7 Å². The average molecular weight is 514 g/mol. The number of thiocarbonyl (C=S) groups is 1. The molecule has 0 spiro atoms. The molecule has 0 radical (unpaired) electrons. The Kier molecular flexibility index (Phi) is 8.15. The lowest BCUT2D eigenvalue weighted by molar-refractivity contribution is 0.00349. The van der Waals surface area contributed by atoms with Gasteiger partial charge in [0.05, 0.1) is 12.1 Å². The molecular weight excluding hydrogens is 477 g/mol. The van der Waals surface area contributed by atoms with Gasteiger partial charge in [-0.2, -0.15) is 0 Å². The molecule has 4 rings (SSSR count). The summed E-state index contributed by atoms with van der Waals surface area (Å²) in [6, 6.07) is 14.7. The molecule has 36 heavy (non-hydrogen) atoms. The molecule has 2 aliphatic rings. The van der Waals surface area contributed by atoms with E-state index in [-0.39, 0.29) is 23.9 Å². The molecule has 1 fully saturated rings. The van der Waals surface area contributed by atoms with Crippen molar-refractivity contribution in [3.63, 3.8) is 0 Å². The lowest BCUT2D eigenvalue weighted by Crippen LogP contribution is -2.50. The summed E-state index contributed by atoms with van der Waals surface area (Å²) in [6.07, 6.45) is 1.52. The normalized spacial score (nSPS) is 20.9. The first kappa shape index (κ1) is 26.4. The van der Waals surface area contributed by atoms with Crippen molar-refractivity contribution < 1.29 is 19.0 Å². The van der Waals surface area contributed by atoms with Gasteiger partial charge in [0.2, 0.25) is 0 Å². The van der Waals surface area contributed by atoms with E-state index >= 15 is 0 Å². The molecule has 2 heterocycles. The van der Waals surface area contributed by atoms with Crippen LogP contribution < -0.4 is 5.32 Å². The fourth-order valence-electron chi connectivity index (χ4n) is 5.07. The number of fused-ring (bicyclic) bond motifs is 1. The lowest BCUT2D eigenvalue weighted by atomic mass is 9.88. The Morgan fingerprint density at radius 2 is 1.92 bits per heavy atom. The average Bonchev–Trinajstić information content (AvgIpc) is 2.86. The third kappa shape index (κ3) is 6.34. The van der Waals surface area contributed by atoms with E-state index in [0.717, 1.165) is 36.9 Å². The topological polar surface area (TPSA) is 65.0 Å². The van der Waals surface area contributed by atoms with Crippen LogP contribution in [0.5, 0.6) is 0 Å². The van der Waals surface area contributed by atoms with Gasteiger partial charge in [-0.15, -0.1) is 0 Å². The number of benzene rings is 2. The number of hydrogen-bond acceptors (Lipinski definition) is 4. The van der Waals surface area contributed by atoms with Gasteiger partial charge in [-0.1, -0.05) is 36.4 Å². The first-order valence-electron chi connectivity index (χ1n) is 12.7. The van der Waals surface area contributed by atoms with Crippen LogP contribution in [-0.2, 0) is 11.2 Å². The van der Waals surface area contributed by atoms with E-state index in [2.05, 4.69) is 22.3 Å². The van der Waals surface area contributed by atoms with Gasteiger partial charge in [-0.3, -0.25) is 0 Å². The van der Waals surface area contributed by atoms with Gasteiger partial charge in [0.25, 0.3) is 0 Å². The molecule has 0 aliphatic carbocycles. The van der Waals surface area contributed by atoms with E-state index in [9.17, 15) is 14.3 Å². The quantitative estimate of drug-likeness (QED) is 0.580. The SMILES string of the molecule is CC(C)(C)OC(=O)N1CCCC(C(O)CNC(=S)N2CCc3ccccc3[C@@H]2c2ccc(F)cc2)C1. The van der Waals surface area contributed by atoms with Gasteiger partial charge in [0.15, 0.2) is 5.11 Å². The number of halogens is 1. The highest BCUT2D eigenvalue weighted by Crippen LogP contribution is 2.35. The molecule has 2 aliphatic heterocycles. The van der Waals surface area contributed by atoms with Gasteiger partial charge in [0.1, 0.15) is 11.4 Å². The standard InChI is InChI=1S/C28H36FN3O3S/c1-28(2,3)35-27(34)31-15-6-8-21(18-31)24(33)17-30-26(36)32-16-14-19-7-4-5-9-23(19)25(32)20-10-12-22(29)13-11-20/h4-5,7,9-13,21,24-25,33H,6,8,14-18H2,1-3H3,(H,30,36)/t21?,24?,25-/m0/s1. The first-order valence-corrected chi connectivity index (χ1v) is 13.1. The van der Waals surface area contributed by atoms with Crippen molar-refractivity contribution in [2.45, 2.75) is 57.8 Å². The predicted octanol–water partition coefficient (Wildman–Crippen LogP) is 4.66. The summed E-state index contributed by atoms with van der Waals surface area (Å²) in [5, 5.41) is 14.8. The lowest BCUT2D eigenvalue weighted by Gasteiger charge is -2.40. The number of hydrogen-bond donors (Lipinski definition) is 2. The van der Waals surface area contributed by atoms with E-state index in [1.54, 1.807) is 17.0 Å².